The lowest BCUT2D eigenvalue weighted by Gasteiger charge is -2.35. The van der Waals surface area contributed by atoms with Crippen LogP contribution in [0.15, 0.2) is 18.2 Å². The van der Waals surface area contributed by atoms with Gasteiger partial charge < -0.3 is 15.2 Å². The molecule has 1 amide bonds. The number of ether oxygens (including phenoxy) is 1. The third-order valence-corrected chi connectivity index (χ3v) is 9.12. The zero-order valence-electron chi connectivity index (χ0n) is 21.7. The van der Waals surface area contributed by atoms with Gasteiger partial charge in [-0.15, -0.1) is 0 Å². The van der Waals surface area contributed by atoms with Gasteiger partial charge in [0.2, 0.25) is 0 Å². The van der Waals surface area contributed by atoms with E-state index < -0.39 is 38.7 Å². The summed E-state index contributed by atoms with van der Waals surface area (Å²) in [6.45, 7) is 3.16. The molecule has 1 atom stereocenters. The van der Waals surface area contributed by atoms with Crippen molar-refractivity contribution in [1.29, 1.82) is 0 Å². The summed E-state index contributed by atoms with van der Waals surface area (Å²) in [7, 11) is -1.81. The number of methoxy groups -OCH3 is 1. The Hall–Kier alpha value is -2.31. The molecule has 1 heterocycles. The van der Waals surface area contributed by atoms with E-state index in [1.165, 1.54) is 24.1 Å². The fraction of sp³-hybridized carbons (Fsp3) is 0.600. The summed E-state index contributed by atoms with van der Waals surface area (Å²) in [5, 5.41) is 17.4. The highest BCUT2D eigenvalue weighted by atomic mass is 35.5. The molecule has 38 heavy (non-hydrogen) atoms. The highest BCUT2D eigenvalue weighted by molar-refractivity contribution is 7.91. The molecule has 0 radical (unpaired) electrons. The first kappa shape index (κ1) is 30.2. The molecule has 1 saturated carbocycles. The van der Waals surface area contributed by atoms with E-state index in [4.69, 9.17) is 16.3 Å². The monoisotopic (exact) mass is 579 g/mol. The summed E-state index contributed by atoms with van der Waals surface area (Å²) in [6.07, 6.45) is -2.30. The van der Waals surface area contributed by atoms with Gasteiger partial charge in [-0.05, 0) is 56.7 Å². The Bertz CT molecular complexity index is 1270. The fourth-order valence-corrected chi connectivity index (χ4v) is 6.08. The van der Waals surface area contributed by atoms with Crippen LogP contribution in [-0.4, -0.2) is 66.1 Å². The first-order chi connectivity index (χ1) is 17.6. The number of aliphatic hydroxyl groups is 1. The van der Waals surface area contributed by atoms with Crippen LogP contribution >= 0.6 is 11.6 Å². The number of nitrogens with one attached hydrogen (secondary N) is 1. The van der Waals surface area contributed by atoms with Crippen molar-refractivity contribution in [3.05, 3.63) is 34.5 Å². The molecule has 0 aliphatic heterocycles. The minimum Gasteiger partial charge on any atom is -0.496 e. The summed E-state index contributed by atoms with van der Waals surface area (Å²) in [5.41, 5.74) is -0.0443. The Balaban J connectivity index is 1.81. The average Bonchev–Trinajstić information content (AvgIpc) is 3.17. The third kappa shape index (κ3) is 6.81. The Kier molecular flexibility index (Phi) is 9.09. The predicted molar refractivity (Wildman–Crippen MR) is 138 cm³/mol. The standard InChI is InChI=1S/C25H33ClF3N3O5S/c1-5-32-22(18-7-6-16(13-19(18)37-3)12-15(2)25(27,28)29)20(26)21(31-32)23(33)30-14-24(34)10-8-17(9-11-24)38(4,35)36/h6-7,13,15,17,34H,5,8-12,14H2,1-4H3,(H,30,33)/t15-,17-,24+/m1/s1. The first-order valence-corrected chi connectivity index (χ1v) is 14.6. The highest BCUT2D eigenvalue weighted by Crippen LogP contribution is 2.39. The highest BCUT2D eigenvalue weighted by Gasteiger charge is 2.38. The number of benzene rings is 1. The van der Waals surface area contributed by atoms with Gasteiger partial charge in [-0.25, -0.2) is 8.42 Å². The third-order valence-electron chi connectivity index (χ3n) is 7.08. The van der Waals surface area contributed by atoms with Crippen LogP contribution in [0.2, 0.25) is 5.02 Å². The number of nitrogens with zero attached hydrogens (tertiary/aromatic N) is 2. The summed E-state index contributed by atoms with van der Waals surface area (Å²) in [4.78, 5) is 13.0. The van der Waals surface area contributed by atoms with Crippen LogP contribution in [0.1, 0.15) is 55.6 Å². The zero-order valence-corrected chi connectivity index (χ0v) is 23.3. The molecule has 1 fully saturated rings. The van der Waals surface area contributed by atoms with Crippen LogP contribution in [0, 0.1) is 5.92 Å². The van der Waals surface area contributed by atoms with Crippen molar-refractivity contribution in [3.63, 3.8) is 0 Å². The quantitative estimate of drug-likeness (QED) is 0.455. The second-order valence-electron chi connectivity index (χ2n) is 9.94. The number of aryl methyl sites for hydroxylation is 1. The summed E-state index contributed by atoms with van der Waals surface area (Å²) >= 11 is 6.60. The summed E-state index contributed by atoms with van der Waals surface area (Å²) in [5.74, 6) is -1.86. The molecule has 2 aromatic rings. The van der Waals surface area contributed by atoms with Crippen molar-refractivity contribution in [2.45, 2.75) is 69.5 Å². The molecule has 2 N–H and O–H groups in total. The van der Waals surface area contributed by atoms with Gasteiger partial charge in [0.15, 0.2) is 5.69 Å². The van der Waals surface area contributed by atoms with Crippen molar-refractivity contribution in [3.8, 4) is 17.0 Å². The van der Waals surface area contributed by atoms with Crippen molar-refractivity contribution in [2.24, 2.45) is 5.92 Å². The molecule has 13 heteroatoms. The number of amides is 1. The van der Waals surface area contributed by atoms with E-state index in [9.17, 15) is 31.5 Å². The van der Waals surface area contributed by atoms with Crippen LogP contribution in [0.4, 0.5) is 13.2 Å². The van der Waals surface area contributed by atoms with Gasteiger partial charge in [-0.3, -0.25) is 9.48 Å². The number of carbonyl (C=O) groups is 1. The van der Waals surface area contributed by atoms with Crippen LogP contribution in [0.3, 0.4) is 0 Å². The minimum atomic E-state index is -4.32. The first-order valence-electron chi connectivity index (χ1n) is 12.3. The second kappa shape index (κ2) is 11.4. The van der Waals surface area contributed by atoms with E-state index in [2.05, 4.69) is 10.4 Å². The van der Waals surface area contributed by atoms with E-state index in [1.807, 2.05) is 0 Å². The molecule has 0 bridgehead atoms. The molecule has 0 unspecified atom stereocenters. The Morgan fingerprint density at radius 3 is 2.50 bits per heavy atom. The molecule has 3 rings (SSSR count). The van der Waals surface area contributed by atoms with Crippen molar-refractivity contribution < 1.29 is 36.2 Å². The lowest BCUT2D eigenvalue weighted by Crippen LogP contribution is -2.47. The van der Waals surface area contributed by atoms with Gasteiger partial charge in [-0.2, -0.15) is 18.3 Å². The Morgan fingerprint density at radius 2 is 1.97 bits per heavy atom. The number of rotatable bonds is 9. The molecular formula is C25H33ClF3N3O5S. The molecule has 212 valence electrons. The van der Waals surface area contributed by atoms with Gasteiger partial charge in [0.1, 0.15) is 15.6 Å². The van der Waals surface area contributed by atoms with Crippen LogP contribution < -0.4 is 10.1 Å². The molecule has 1 aromatic carbocycles. The van der Waals surface area contributed by atoms with Gasteiger partial charge >= 0.3 is 6.18 Å². The molecule has 1 aliphatic carbocycles. The number of hydrogen-bond donors (Lipinski definition) is 2. The number of hydrogen-bond acceptors (Lipinski definition) is 6. The van der Waals surface area contributed by atoms with Crippen molar-refractivity contribution in [2.75, 3.05) is 19.9 Å². The maximum absolute atomic E-state index is 13.0. The lowest BCUT2D eigenvalue weighted by atomic mass is 9.84. The topological polar surface area (TPSA) is 111 Å². The summed E-state index contributed by atoms with van der Waals surface area (Å²) < 4.78 is 69.6. The molecule has 1 aromatic heterocycles. The van der Waals surface area contributed by atoms with E-state index in [0.717, 1.165) is 6.92 Å². The minimum absolute atomic E-state index is 0.0341. The molecule has 0 saturated heterocycles. The summed E-state index contributed by atoms with van der Waals surface area (Å²) in [6, 6.07) is 4.67. The second-order valence-corrected chi connectivity index (χ2v) is 12.6. The number of carbonyl (C=O) groups excluding carboxylic acids is 1. The van der Waals surface area contributed by atoms with E-state index in [-0.39, 0.29) is 42.3 Å². The number of sulfone groups is 1. The maximum atomic E-state index is 13.0. The van der Waals surface area contributed by atoms with Crippen LogP contribution in [-0.2, 0) is 22.8 Å². The lowest BCUT2D eigenvalue weighted by molar-refractivity contribution is -0.169. The zero-order chi connectivity index (χ0) is 28.5. The van der Waals surface area contributed by atoms with E-state index in [1.54, 1.807) is 19.1 Å². The Morgan fingerprint density at radius 1 is 1.34 bits per heavy atom. The van der Waals surface area contributed by atoms with E-state index >= 15 is 0 Å². The van der Waals surface area contributed by atoms with Crippen LogP contribution in [0.5, 0.6) is 5.75 Å². The molecule has 1 aliphatic rings. The predicted octanol–water partition coefficient (Wildman–Crippen LogP) is 4.42. The number of halogens is 4. The SMILES string of the molecule is CCn1nc(C(=O)NC[C@]2(O)CC[C@@H](S(C)(=O)=O)CC2)c(Cl)c1-c1ccc(C[C@@H](C)C(F)(F)F)cc1OC. The van der Waals surface area contributed by atoms with E-state index in [0.29, 0.717) is 36.2 Å². The van der Waals surface area contributed by atoms with Crippen LogP contribution in [0.25, 0.3) is 11.3 Å². The van der Waals surface area contributed by atoms with Gasteiger partial charge in [0.25, 0.3) is 5.91 Å². The average molecular weight is 580 g/mol. The molecule has 8 nitrogen and oxygen atoms in total. The Labute approximate surface area is 225 Å². The molecular weight excluding hydrogens is 547 g/mol. The fourth-order valence-electron chi connectivity index (χ4n) is 4.66. The van der Waals surface area contributed by atoms with Gasteiger partial charge in [-0.1, -0.05) is 24.6 Å². The normalized spacial score (nSPS) is 21.2. The number of alkyl halides is 3. The number of aromatic nitrogens is 2. The van der Waals surface area contributed by atoms with Crippen molar-refractivity contribution in [1.82, 2.24) is 15.1 Å². The molecule has 0 spiro atoms. The maximum Gasteiger partial charge on any atom is 0.391 e. The van der Waals surface area contributed by atoms with Gasteiger partial charge in [0, 0.05) is 24.9 Å². The van der Waals surface area contributed by atoms with Crippen molar-refractivity contribution >= 4 is 27.3 Å². The van der Waals surface area contributed by atoms with Gasteiger partial charge in [0.05, 0.1) is 34.6 Å². The smallest absolute Gasteiger partial charge is 0.391 e. The largest absolute Gasteiger partial charge is 0.496 e.